The van der Waals surface area contributed by atoms with Crippen molar-refractivity contribution < 1.29 is 9.13 Å². The van der Waals surface area contributed by atoms with E-state index in [9.17, 15) is 4.39 Å². The number of halogens is 2. The highest BCUT2D eigenvalue weighted by molar-refractivity contribution is 14.1. The fourth-order valence-electron chi connectivity index (χ4n) is 4.06. The molecule has 0 bridgehead atoms. The molecule has 116 valence electrons. The molecule has 2 aliphatic carbocycles. The lowest BCUT2D eigenvalue weighted by Crippen LogP contribution is -2.62. The molecule has 2 saturated carbocycles. The van der Waals surface area contributed by atoms with E-state index in [-0.39, 0.29) is 5.82 Å². The third kappa shape index (κ3) is 2.93. The van der Waals surface area contributed by atoms with Gasteiger partial charge in [0.25, 0.3) is 0 Å². The van der Waals surface area contributed by atoms with Crippen molar-refractivity contribution in [3.05, 3.63) is 27.6 Å². The first-order valence-corrected chi connectivity index (χ1v) is 9.07. The number of ether oxygens (including phenoxy) is 1. The first-order chi connectivity index (χ1) is 10.2. The van der Waals surface area contributed by atoms with Crippen LogP contribution in [-0.4, -0.2) is 18.8 Å². The molecule has 1 N–H and O–H groups in total. The molecular formula is C17H23FINO. The van der Waals surface area contributed by atoms with Crippen molar-refractivity contribution in [2.75, 3.05) is 11.9 Å². The van der Waals surface area contributed by atoms with Crippen molar-refractivity contribution in [1.82, 2.24) is 0 Å². The summed E-state index contributed by atoms with van der Waals surface area (Å²) in [6, 6.07) is 5.46. The molecule has 1 aromatic rings. The molecular weight excluding hydrogens is 380 g/mol. The van der Waals surface area contributed by atoms with E-state index in [1.807, 2.05) is 6.07 Å². The number of hydrogen-bond acceptors (Lipinski definition) is 2. The van der Waals surface area contributed by atoms with Gasteiger partial charge in [-0.3, -0.25) is 0 Å². The topological polar surface area (TPSA) is 21.3 Å². The van der Waals surface area contributed by atoms with Gasteiger partial charge in [0.15, 0.2) is 0 Å². The third-order valence-corrected chi connectivity index (χ3v) is 6.09. The Labute approximate surface area is 140 Å². The van der Waals surface area contributed by atoms with Crippen molar-refractivity contribution in [3.63, 3.8) is 0 Å². The van der Waals surface area contributed by atoms with Gasteiger partial charge in [-0.1, -0.05) is 19.3 Å². The number of anilines is 1. The summed E-state index contributed by atoms with van der Waals surface area (Å²) in [6.45, 7) is 2.88. The Kier molecular flexibility index (Phi) is 4.74. The maximum Gasteiger partial charge on any atom is 0.124 e. The Morgan fingerprint density at radius 3 is 2.76 bits per heavy atom. The molecule has 1 aromatic carbocycles. The fourth-order valence-corrected chi connectivity index (χ4v) is 4.69. The largest absolute Gasteiger partial charge is 0.381 e. The average Bonchev–Trinajstić information content (AvgIpc) is 2.49. The smallest absolute Gasteiger partial charge is 0.124 e. The maximum atomic E-state index is 13.2. The van der Waals surface area contributed by atoms with Crippen LogP contribution in [0, 0.1) is 14.8 Å². The Hall–Kier alpha value is -0.360. The molecule has 2 nitrogen and oxygen atoms in total. The summed E-state index contributed by atoms with van der Waals surface area (Å²) in [4.78, 5) is 0. The summed E-state index contributed by atoms with van der Waals surface area (Å²) in [5, 5.41) is 3.67. The van der Waals surface area contributed by atoms with Crippen LogP contribution in [0.4, 0.5) is 10.1 Å². The summed E-state index contributed by atoms with van der Waals surface area (Å²) in [6.07, 6.45) is 7.95. The van der Waals surface area contributed by atoms with Crippen LogP contribution in [0.15, 0.2) is 18.2 Å². The van der Waals surface area contributed by atoms with Gasteiger partial charge in [0, 0.05) is 27.3 Å². The van der Waals surface area contributed by atoms with Crippen molar-refractivity contribution >= 4 is 28.3 Å². The minimum absolute atomic E-state index is 0.168. The Bertz CT molecular complexity index is 502. The van der Waals surface area contributed by atoms with Gasteiger partial charge in [-0.15, -0.1) is 0 Å². The SMILES string of the molecule is CCOC1CC(Nc2ccc(F)cc2I)C12CCCCC2. The first kappa shape index (κ1) is 15.5. The second kappa shape index (κ2) is 6.41. The van der Waals surface area contributed by atoms with Crippen LogP contribution in [0.1, 0.15) is 45.4 Å². The van der Waals surface area contributed by atoms with Crippen LogP contribution in [0.25, 0.3) is 0 Å². The number of rotatable bonds is 4. The molecule has 1 spiro atoms. The maximum absolute atomic E-state index is 13.2. The third-order valence-electron chi connectivity index (χ3n) is 5.20. The zero-order valence-corrected chi connectivity index (χ0v) is 14.7. The fraction of sp³-hybridized carbons (Fsp3) is 0.647. The minimum atomic E-state index is -0.168. The average molecular weight is 403 g/mol. The van der Waals surface area contributed by atoms with Gasteiger partial charge < -0.3 is 10.1 Å². The predicted molar refractivity (Wildman–Crippen MR) is 92.1 cm³/mol. The Balaban J connectivity index is 1.75. The lowest BCUT2D eigenvalue weighted by Gasteiger charge is -2.58. The molecule has 0 aromatic heterocycles. The summed E-state index contributed by atoms with van der Waals surface area (Å²) in [7, 11) is 0. The lowest BCUT2D eigenvalue weighted by atomic mass is 9.55. The quantitative estimate of drug-likeness (QED) is 0.717. The highest BCUT2D eigenvalue weighted by Crippen LogP contribution is 2.54. The lowest BCUT2D eigenvalue weighted by molar-refractivity contribution is -0.134. The Morgan fingerprint density at radius 1 is 1.33 bits per heavy atom. The molecule has 2 aliphatic rings. The molecule has 4 heteroatoms. The second-order valence-electron chi connectivity index (χ2n) is 6.29. The van der Waals surface area contributed by atoms with Crippen molar-refractivity contribution in [3.8, 4) is 0 Å². The number of hydrogen-bond donors (Lipinski definition) is 1. The zero-order chi connectivity index (χ0) is 14.9. The summed E-state index contributed by atoms with van der Waals surface area (Å²) >= 11 is 2.21. The van der Waals surface area contributed by atoms with Gasteiger partial charge in [-0.05, 0) is 67.0 Å². The van der Waals surface area contributed by atoms with Gasteiger partial charge in [-0.2, -0.15) is 0 Å². The van der Waals surface area contributed by atoms with E-state index in [0.717, 1.165) is 22.3 Å². The second-order valence-corrected chi connectivity index (χ2v) is 7.46. The zero-order valence-electron chi connectivity index (χ0n) is 12.5. The van der Waals surface area contributed by atoms with Gasteiger partial charge >= 0.3 is 0 Å². The van der Waals surface area contributed by atoms with Crippen LogP contribution in [0.2, 0.25) is 0 Å². The van der Waals surface area contributed by atoms with E-state index >= 15 is 0 Å². The molecule has 21 heavy (non-hydrogen) atoms. The summed E-state index contributed by atoms with van der Waals surface area (Å²) < 4.78 is 20.2. The van der Waals surface area contributed by atoms with Gasteiger partial charge in [0.2, 0.25) is 0 Å². The van der Waals surface area contributed by atoms with E-state index in [4.69, 9.17) is 4.74 Å². The minimum Gasteiger partial charge on any atom is -0.381 e. The molecule has 2 unspecified atom stereocenters. The van der Waals surface area contributed by atoms with E-state index in [1.54, 1.807) is 6.07 Å². The van der Waals surface area contributed by atoms with Crippen molar-refractivity contribution in [1.29, 1.82) is 0 Å². The molecule has 0 saturated heterocycles. The van der Waals surface area contributed by atoms with E-state index < -0.39 is 0 Å². The predicted octanol–water partition coefficient (Wildman–Crippen LogP) is 4.97. The van der Waals surface area contributed by atoms with Gasteiger partial charge in [0.05, 0.1) is 6.10 Å². The molecule has 0 radical (unpaired) electrons. The normalized spacial score (nSPS) is 27.4. The van der Waals surface area contributed by atoms with E-state index in [2.05, 4.69) is 34.8 Å². The molecule has 0 amide bonds. The van der Waals surface area contributed by atoms with Crippen LogP contribution in [0.3, 0.4) is 0 Å². The molecule has 3 rings (SSSR count). The van der Waals surface area contributed by atoms with Crippen LogP contribution in [0.5, 0.6) is 0 Å². The first-order valence-electron chi connectivity index (χ1n) is 7.99. The highest BCUT2D eigenvalue weighted by Gasteiger charge is 2.55. The van der Waals surface area contributed by atoms with Gasteiger partial charge in [0.1, 0.15) is 5.82 Å². The van der Waals surface area contributed by atoms with Crippen molar-refractivity contribution in [2.45, 2.75) is 57.6 Å². The number of benzene rings is 1. The van der Waals surface area contributed by atoms with E-state index in [1.165, 1.54) is 38.2 Å². The molecule has 0 aliphatic heterocycles. The van der Waals surface area contributed by atoms with Crippen molar-refractivity contribution in [2.24, 2.45) is 5.41 Å². The number of nitrogens with one attached hydrogen (secondary N) is 1. The standard InChI is InChI=1S/C17H23FINO/c1-2-21-16-11-15(17(16)8-4-3-5-9-17)20-14-7-6-12(18)10-13(14)19/h6-7,10,15-16,20H,2-5,8-9,11H2,1H3. The van der Waals surface area contributed by atoms with Gasteiger partial charge in [-0.25, -0.2) is 4.39 Å². The Morgan fingerprint density at radius 2 is 2.10 bits per heavy atom. The van der Waals surface area contributed by atoms with E-state index in [0.29, 0.717) is 17.6 Å². The summed E-state index contributed by atoms with van der Waals surface area (Å²) in [5.74, 6) is -0.168. The molecule has 0 heterocycles. The molecule has 2 fully saturated rings. The van der Waals surface area contributed by atoms with Crippen LogP contribution < -0.4 is 5.32 Å². The molecule has 2 atom stereocenters. The highest BCUT2D eigenvalue weighted by atomic mass is 127. The summed E-state index contributed by atoms with van der Waals surface area (Å²) in [5.41, 5.74) is 1.35. The van der Waals surface area contributed by atoms with Crippen LogP contribution in [-0.2, 0) is 4.74 Å². The monoisotopic (exact) mass is 403 g/mol. The van der Waals surface area contributed by atoms with Crippen LogP contribution >= 0.6 is 22.6 Å².